The summed E-state index contributed by atoms with van der Waals surface area (Å²) in [6.07, 6.45) is 1.87. The third-order valence-corrected chi connectivity index (χ3v) is 7.61. The molecule has 0 unspecified atom stereocenters. The van der Waals surface area contributed by atoms with Crippen LogP contribution in [0.4, 0.5) is 5.82 Å². The number of para-hydroxylation sites is 1. The van der Waals surface area contributed by atoms with E-state index in [1.807, 2.05) is 36.4 Å². The van der Waals surface area contributed by atoms with E-state index >= 15 is 0 Å². The average molecular weight is 552 g/mol. The Morgan fingerprint density at radius 3 is 2.63 bits per heavy atom. The number of aliphatic hydroxyl groups is 1. The Morgan fingerprint density at radius 2 is 1.83 bits per heavy atom. The molecule has 9 nitrogen and oxygen atoms in total. The number of aliphatic hydroxyl groups excluding tert-OH is 1. The summed E-state index contributed by atoms with van der Waals surface area (Å²) < 4.78 is 13.6. The Balaban J connectivity index is 1.36. The molecule has 0 saturated carbocycles. The monoisotopic (exact) mass is 551 g/mol. The SMILES string of the molecule is CCOC(=O)Cc1ccccc1OCc1c2cc(-c3ccc4ccnc(N)c4c3)ccc2nn1C1CN(CCO)C1. The molecule has 9 heteroatoms. The van der Waals surface area contributed by atoms with Gasteiger partial charge in [0.2, 0.25) is 0 Å². The van der Waals surface area contributed by atoms with Gasteiger partial charge in [0.15, 0.2) is 0 Å². The number of anilines is 1. The number of nitrogen functional groups attached to an aromatic ring is 1. The van der Waals surface area contributed by atoms with E-state index in [1.54, 1.807) is 13.1 Å². The first-order valence-corrected chi connectivity index (χ1v) is 13.9. The molecule has 3 heterocycles. The first-order valence-electron chi connectivity index (χ1n) is 13.9. The van der Waals surface area contributed by atoms with Crippen LogP contribution in [0.5, 0.6) is 5.75 Å². The molecule has 6 rings (SSSR count). The number of ether oxygens (including phenoxy) is 2. The van der Waals surface area contributed by atoms with Crippen LogP contribution in [-0.4, -0.2) is 63.6 Å². The van der Waals surface area contributed by atoms with Crippen molar-refractivity contribution in [3.05, 3.63) is 84.2 Å². The molecule has 0 aliphatic carbocycles. The van der Waals surface area contributed by atoms with Crippen LogP contribution in [0.25, 0.3) is 32.8 Å². The van der Waals surface area contributed by atoms with Gasteiger partial charge in [-0.25, -0.2) is 4.98 Å². The van der Waals surface area contributed by atoms with Crippen molar-refractivity contribution in [2.24, 2.45) is 0 Å². The molecule has 0 bridgehead atoms. The lowest BCUT2D eigenvalue weighted by atomic mass is 10.00. The zero-order chi connectivity index (χ0) is 28.3. The third-order valence-electron chi connectivity index (χ3n) is 7.61. The number of carbonyl (C=O) groups is 1. The van der Waals surface area contributed by atoms with Crippen LogP contribution in [0, 0.1) is 0 Å². The van der Waals surface area contributed by atoms with Gasteiger partial charge in [-0.2, -0.15) is 5.10 Å². The van der Waals surface area contributed by atoms with E-state index in [4.69, 9.17) is 20.3 Å². The highest BCUT2D eigenvalue weighted by atomic mass is 16.5. The number of pyridine rings is 1. The van der Waals surface area contributed by atoms with Crippen molar-refractivity contribution < 1.29 is 19.4 Å². The fourth-order valence-corrected chi connectivity index (χ4v) is 5.48. The second-order valence-corrected chi connectivity index (χ2v) is 10.3. The molecule has 1 aliphatic rings. The van der Waals surface area contributed by atoms with Crippen molar-refractivity contribution in [1.82, 2.24) is 19.7 Å². The molecule has 0 amide bonds. The lowest BCUT2D eigenvalue weighted by molar-refractivity contribution is -0.142. The summed E-state index contributed by atoms with van der Waals surface area (Å²) in [5.74, 6) is 0.866. The molecule has 1 fully saturated rings. The van der Waals surface area contributed by atoms with E-state index in [9.17, 15) is 9.90 Å². The maximum Gasteiger partial charge on any atom is 0.310 e. The van der Waals surface area contributed by atoms with Crippen LogP contribution in [0.2, 0.25) is 0 Å². The molecule has 210 valence electrons. The van der Waals surface area contributed by atoms with Gasteiger partial charge < -0.3 is 20.3 Å². The Hall–Kier alpha value is -4.47. The highest BCUT2D eigenvalue weighted by molar-refractivity contribution is 5.95. The summed E-state index contributed by atoms with van der Waals surface area (Å²) in [5, 5.41) is 17.3. The zero-order valence-corrected chi connectivity index (χ0v) is 23.0. The van der Waals surface area contributed by atoms with Crippen LogP contribution in [0.15, 0.2) is 72.9 Å². The summed E-state index contributed by atoms with van der Waals surface area (Å²) >= 11 is 0. The van der Waals surface area contributed by atoms with Gasteiger partial charge in [0.1, 0.15) is 18.2 Å². The van der Waals surface area contributed by atoms with Crippen LogP contribution in [-0.2, 0) is 22.6 Å². The van der Waals surface area contributed by atoms with Crippen molar-refractivity contribution >= 4 is 33.5 Å². The van der Waals surface area contributed by atoms with Crippen molar-refractivity contribution in [3.8, 4) is 16.9 Å². The summed E-state index contributed by atoms with van der Waals surface area (Å²) in [6, 6.07) is 22.2. The number of likely N-dealkylation sites (tertiary alicyclic amines) is 1. The number of esters is 1. The van der Waals surface area contributed by atoms with Gasteiger partial charge in [-0.1, -0.05) is 36.4 Å². The number of rotatable bonds is 10. The van der Waals surface area contributed by atoms with E-state index < -0.39 is 0 Å². The molecule has 3 aromatic carbocycles. The van der Waals surface area contributed by atoms with Crippen molar-refractivity contribution in [1.29, 1.82) is 0 Å². The molecule has 5 aromatic rings. The molecular formula is C32H33N5O4. The quantitative estimate of drug-likeness (QED) is 0.246. The van der Waals surface area contributed by atoms with Gasteiger partial charge >= 0.3 is 5.97 Å². The van der Waals surface area contributed by atoms with E-state index in [0.29, 0.717) is 24.7 Å². The van der Waals surface area contributed by atoms with Crippen LogP contribution >= 0.6 is 0 Å². The van der Waals surface area contributed by atoms with E-state index in [0.717, 1.165) is 57.1 Å². The van der Waals surface area contributed by atoms with E-state index in [-0.39, 0.29) is 31.6 Å². The lowest BCUT2D eigenvalue weighted by Crippen LogP contribution is -2.49. The standard InChI is InChI=1S/C32H33N5O4/c1-2-40-31(39)17-24-5-3-4-6-30(24)41-20-29-27-16-23(22-8-7-21-11-12-34-32(33)26(21)15-22)9-10-28(27)35-37(29)25-18-36(19-25)13-14-38/h3-12,15-16,25,38H,2,13-14,17-20H2,1H3,(H2,33,34). The fraction of sp³-hybridized carbons (Fsp3) is 0.281. The van der Waals surface area contributed by atoms with Gasteiger partial charge in [0.25, 0.3) is 0 Å². The van der Waals surface area contributed by atoms with Crippen molar-refractivity contribution in [2.45, 2.75) is 26.0 Å². The first-order chi connectivity index (χ1) is 20.0. The summed E-state index contributed by atoms with van der Waals surface area (Å²) in [6.45, 7) is 4.82. The molecule has 3 N–H and O–H groups in total. The number of fused-ring (bicyclic) bond motifs is 2. The number of nitrogens with zero attached hydrogens (tertiary/aromatic N) is 4. The number of β-amino-alcohol motifs (C(OH)–C–C–N with tert-alkyl or cyclic N) is 1. The van der Waals surface area contributed by atoms with Gasteiger partial charge in [0, 0.05) is 42.2 Å². The summed E-state index contributed by atoms with van der Waals surface area (Å²) in [5.41, 5.74) is 10.9. The number of aromatic nitrogens is 3. The number of benzene rings is 3. The molecule has 0 radical (unpaired) electrons. The highest BCUT2D eigenvalue weighted by Gasteiger charge is 2.31. The molecule has 1 aliphatic heterocycles. The fourth-order valence-electron chi connectivity index (χ4n) is 5.48. The molecule has 41 heavy (non-hydrogen) atoms. The number of hydrogen-bond acceptors (Lipinski definition) is 8. The number of hydrogen-bond donors (Lipinski definition) is 2. The van der Waals surface area contributed by atoms with Crippen LogP contribution in [0.1, 0.15) is 24.2 Å². The molecule has 0 spiro atoms. The molecule has 1 saturated heterocycles. The van der Waals surface area contributed by atoms with Gasteiger partial charge in [0.05, 0.1) is 36.9 Å². The van der Waals surface area contributed by atoms with Gasteiger partial charge in [-0.3, -0.25) is 14.4 Å². The molecule has 2 aromatic heterocycles. The molecule has 0 atom stereocenters. The van der Waals surface area contributed by atoms with Crippen molar-refractivity contribution in [3.63, 3.8) is 0 Å². The largest absolute Gasteiger partial charge is 0.487 e. The normalized spacial score (nSPS) is 13.9. The maximum absolute atomic E-state index is 12.2. The third kappa shape index (κ3) is 5.46. The highest BCUT2D eigenvalue weighted by Crippen LogP contribution is 2.33. The van der Waals surface area contributed by atoms with E-state index in [2.05, 4.69) is 44.9 Å². The maximum atomic E-state index is 12.2. The first kappa shape index (κ1) is 26.7. The van der Waals surface area contributed by atoms with Crippen LogP contribution in [0.3, 0.4) is 0 Å². The minimum atomic E-state index is -0.284. The summed E-state index contributed by atoms with van der Waals surface area (Å²) in [4.78, 5) is 18.7. The van der Waals surface area contributed by atoms with Crippen LogP contribution < -0.4 is 10.5 Å². The number of carbonyl (C=O) groups excluding carboxylic acids is 1. The molecular weight excluding hydrogens is 518 g/mol. The smallest absolute Gasteiger partial charge is 0.310 e. The van der Waals surface area contributed by atoms with Crippen molar-refractivity contribution in [2.75, 3.05) is 38.6 Å². The van der Waals surface area contributed by atoms with E-state index in [1.165, 1.54) is 0 Å². The Kier molecular flexibility index (Phi) is 7.54. The number of nitrogens with two attached hydrogens (primary N) is 1. The van der Waals surface area contributed by atoms with Gasteiger partial charge in [-0.05, 0) is 53.8 Å². The Morgan fingerprint density at radius 1 is 1.05 bits per heavy atom. The second kappa shape index (κ2) is 11.6. The minimum Gasteiger partial charge on any atom is -0.487 e. The Bertz CT molecular complexity index is 1710. The Labute approximate surface area is 238 Å². The topological polar surface area (TPSA) is 116 Å². The average Bonchev–Trinajstić information content (AvgIpc) is 3.31. The predicted octanol–water partition coefficient (Wildman–Crippen LogP) is 4.37. The minimum absolute atomic E-state index is 0.135. The second-order valence-electron chi connectivity index (χ2n) is 10.3. The zero-order valence-electron chi connectivity index (χ0n) is 23.0. The van der Waals surface area contributed by atoms with Gasteiger partial charge in [-0.15, -0.1) is 0 Å². The summed E-state index contributed by atoms with van der Waals surface area (Å²) in [7, 11) is 0. The predicted molar refractivity (Wildman–Crippen MR) is 159 cm³/mol. The lowest BCUT2D eigenvalue weighted by Gasteiger charge is -2.39.